The van der Waals surface area contributed by atoms with Gasteiger partial charge in [0.15, 0.2) is 5.75 Å². The van der Waals surface area contributed by atoms with Crippen molar-refractivity contribution in [2.75, 3.05) is 20.3 Å². The Balaban J connectivity index is 2.73. The van der Waals surface area contributed by atoms with E-state index >= 15 is 0 Å². The minimum absolute atomic E-state index is 0.105. The van der Waals surface area contributed by atoms with Gasteiger partial charge in [0.05, 0.1) is 17.2 Å². The van der Waals surface area contributed by atoms with Gasteiger partial charge in [-0.3, -0.25) is 0 Å². The second kappa shape index (κ2) is 7.07. The first-order valence-electron chi connectivity index (χ1n) is 5.45. The third-order valence-electron chi connectivity index (χ3n) is 2.69. The third-order valence-corrected chi connectivity index (χ3v) is 3.26. The molecule has 0 saturated carbocycles. The van der Waals surface area contributed by atoms with E-state index in [1.807, 2.05) is 12.1 Å². The Kier molecular flexibility index (Phi) is 6.06. The Morgan fingerprint density at radius 2 is 1.94 bits per heavy atom. The van der Waals surface area contributed by atoms with E-state index in [1.54, 1.807) is 0 Å². The molecule has 3 nitrogen and oxygen atoms in total. The minimum Gasteiger partial charge on any atom is -0.494 e. The molecular weight excluding hydrogens is 261 g/mol. The van der Waals surface area contributed by atoms with Crippen LogP contribution in [0.1, 0.15) is 12.0 Å². The van der Waals surface area contributed by atoms with Crippen molar-refractivity contribution < 1.29 is 9.84 Å². The van der Waals surface area contributed by atoms with Gasteiger partial charge in [-0.15, -0.1) is 0 Å². The summed E-state index contributed by atoms with van der Waals surface area (Å²) in [4.78, 5) is 0. The molecule has 1 atom stereocenters. The number of aryl methyl sites for hydroxylation is 1. The summed E-state index contributed by atoms with van der Waals surface area (Å²) < 4.78 is 5.07. The van der Waals surface area contributed by atoms with Crippen molar-refractivity contribution in [2.45, 2.75) is 12.8 Å². The van der Waals surface area contributed by atoms with Crippen molar-refractivity contribution in [3.05, 3.63) is 27.7 Å². The first-order valence-corrected chi connectivity index (χ1v) is 6.20. The topological polar surface area (TPSA) is 55.5 Å². The van der Waals surface area contributed by atoms with Gasteiger partial charge >= 0.3 is 0 Å². The molecule has 17 heavy (non-hydrogen) atoms. The number of aliphatic hydroxyl groups excluding tert-OH is 1. The van der Waals surface area contributed by atoms with Crippen LogP contribution < -0.4 is 10.5 Å². The molecule has 0 aliphatic rings. The Hall–Kier alpha value is -0.480. The van der Waals surface area contributed by atoms with E-state index in [1.165, 1.54) is 7.11 Å². The molecule has 96 valence electrons. The lowest BCUT2D eigenvalue weighted by atomic mass is 10.0. The standard InChI is InChI=1S/C12H17Cl2NO2/c1-17-12-10(13)4-8(5-11(12)14)2-3-9(6-15)7-16/h4-5,9,16H,2-3,6-7,15H2,1H3. The Bertz CT molecular complexity index is 345. The summed E-state index contributed by atoms with van der Waals surface area (Å²) >= 11 is 12.1. The highest BCUT2D eigenvalue weighted by Crippen LogP contribution is 2.34. The number of methoxy groups -OCH3 is 1. The Morgan fingerprint density at radius 1 is 1.35 bits per heavy atom. The van der Waals surface area contributed by atoms with E-state index in [-0.39, 0.29) is 12.5 Å². The molecule has 0 fully saturated rings. The third kappa shape index (κ3) is 4.03. The lowest BCUT2D eigenvalue weighted by molar-refractivity contribution is 0.223. The maximum Gasteiger partial charge on any atom is 0.156 e. The van der Waals surface area contributed by atoms with Crippen molar-refractivity contribution in [2.24, 2.45) is 11.7 Å². The van der Waals surface area contributed by atoms with Gasteiger partial charge < -0.3 is 15.6 Å². The average Bonchev–Trinajstić information content (AvgIpc) is 2.30. The summed E-state index contributed by atoms with van der Waals surface area (Å²) in [6.07, 6.45) is 1.60. The molecular formula is C12H17Cl2NO2. The van der Waals surface area contributed by atoms with Crippen LogP contribution in [0.15, 0.2) is 12.1 Å². The van der Waals surface area contributed by atoms with Crippen LogP contribution in [0.5, 0.6) is 5.75 Å². The Morgan fingerprint density at radius 3 is 2.35 bits per heavy atom. The zero-order valence-electron chi connectivity index (χ0n) is 9.75. The van der Waals surface area contributed by atoms with Crippen LogP contribution in [0, 0.1) is 5.92 Å². The molecule has 0 radical (unpaired) electrons. The van der Waals surface area contributed by atoms with Crippen LogP contribution in [-0.2, 0) is 6.42 Å². The highest BCUT2D eigenvalue weighted by Gasteiger charge is 2.10. The number of rotatable bonds is 6. The molecule has 0 amide bonds. The maximum atomic E-state index is 9.04. The number of aliphatic hydroxyl groups is 1. The molecule has 1 aromatic rings. The summed E-state index contributed by atoms with van der Waals surface area (Å²) in [6, 6.07) is 3.66. The predicted molar refractivity (Wildman–Crippen MR) is 71.0 cm³/mol. The maximum absolute atomic E-state index is 9.04. The van der Waals surface area contributed by atoms with Crippen molar-refractivity contribution in [1.82, 2.24) is 0 Å². The number of nitrogens with two attached hydrogens (primary N) is 1. The number of benzene rings is 1. The monoisotopic (exact) mass is 277 g/mol. The van der Waals surface area contributed by atoms with Crippen LogP contribution in [0.4, 0.5) is 0 Å². The smallest absolute Gasteiger partial charge is 0.156 e. The zero-order valence-corrected chi connectivity index (χ0v) is 11.3. The number of hydrogen-bond acceptors (Lipinski definition) is 3. The molecule has 5 heteroatoms. The van der Waals surface area contributed by atoms with Crippen molar-refractivity contribution in [3.8, 4) is 5.75 Å². The van der Waals surface area contributed by atoms with Gasteiger partial charge in [-0.1, -0.05) is 23.2 Å². The fourth-order valence-electron chi connectivity index (χ4n) is 1.61. The normalized spacial score (nSPS) is 12.5. The predicted octanol–water partition coefficient (Wildman–Crippen LogP) is 2.50. The summed E-state index contributed by atoms with van der Waals surface area (Å²) in [5, 5.41) is 10.0. The lowest BCUT2D eigenvalue weighted by Gasteiger charge is -2.12. The van der Waals surface area contributed by atoms with Crippen LogP contribution >= 0.6 is 23.2 Å². The average molecular weight is 278 g/mol. The first kappa shape index (κ1) is 14.6. The lowest BCUT2D eigenvalue weighted by Crippen LogP contribution is -2.18. The van der Waals surface area contributed by atoms with Crippen LogP contribution in [-0.4, -0.2) is 25.4 Å². The van der Waals surface area contributed by atoms with Crippen LogP contribution in [0.2, 0.25) is 10.0 Å². The molecule has 0 aliphatic carbocycles. The van der Waals surface area contributed by atoms with Gasteiger partial charge in [-0.05, 0) is 43.0 Å². The molecule has 1 unspecified atom stereocenters. The van der Waals surface area contributed by atoms with E-state index in [4.69, 9.17) is 38.8 Å². The van der Waals surface area contributed by atoms with E-state index in [0.29, 0.717) is 22.3 Å². The van der Waals surface area contributed by atoms with Gasteiger partial charge in [-0.2, -0.15) is 0 Å². The SMILES string of the molecule is COc1c(Cl)cc(CCC(CN)CO)cc1Cl. The van der Waals surface area contributed by atoms with E-state index in [2.05, 4.69) is 0 Å². The van der Waals surface area contributed by atoms with Gasteiger partial charge in [-0.25, -0.2) is 0 Å². The number of ether oxygens (including phenoxy) is 1. The summed E-state index contributed by atoms with van der Waals surface area (Å²) in [5.41, 5.74) is 6.54. The van der Waals surface area contributed by atoms with Gasteiger partial charge in [0, 0.05) is 6.61 Å². The first-order chi connectivity index (χ1) is 8.12. The minimum atomic E-state index is 0.105. The fraction of sp³-hybridized carbons (Fsp3) is 0.500. The Labute approximate surface area is 111 Å². The quantitative estimate of drug-likeness (QED) is 0.840. The van der Waals surface area contributed by atoms with Crippen LogP contribution in [0.3, 0.4) is 0 Å². The number of halogens is 2. The second-order valence-corrected chi connectivity index (χ2v) is 4.73. The highest BCUT2D eigenvalue weighted by molar-refractivity contribution is 6.37. The molecule has 0 heterocycles. The van der Waals surface area contributed by atoms with Gasteiger partial charge in [0.1, 0.15) is 0 Å². The van der Waals surface area contributed by atoms with Crippen molar-refractivity contribution in [1.29, 1.82) is 0 Å². The summed E-state index contributed by atoms with van der Waals surface area (Å²) in [5.74, 6) is 0.615. The molecule has 0 saturated heterocycles. The molecule has 1 aromatic carbocycles. The summed E-state index contributed by atoms with van der Waals surface area (Å²) in [6.45, 7) is 0.586. The molecule has 0 aliphatic heterocycles. The van der Waals surface area contributed by atoms with E-state index in [0.717, 1.165) is 18.4 Å². The summed E-state index contributed by atoms with van der Waals surface area (Å²) in [7, 11) is 1.53. The van der Waals surface area contributed by atoms with Crippen molar-refractivity contribution >= 4 is 23.2 Å². The molecule has 0 bridgehead atoms. The van der Waals surface area contributed by atoms with E-state index in [9.17, 15) is 0 Å². The van der Waals surface area contributed by atoms with Gasteiger partial charge in [0.2, 0.25) is 0 Å². The fourth-order valence-corrected chi connectivity index (χ4v) is 2.29. The molecule has 3 N–H and O–H groups in total. The molecule has 0 aromatic heterocycles. The largest absolute Gasteiger partial charge is 0.494 e. The van der Waals surface area contributed by atoms with Crippen LogP contribution in [0.25, 0.3) is 0 Å². The van der Waals surface area contributed by atoms with Crippen molar-refractivity contribution in [3.63, 3.8) is 0 Å². The highest BCUT2D eigenvalue weighted by atomic mass is 35.5. The zero-order chi connectivity index (χ0) is 12.8. The van der Waals surface area contributed by atoms with Gasteiger partial charge in [0.25, 0.3) is 0 Å². The second-order valence-electron chi connectivity index (χ2n) is 3.92. The molecule has 1 rings (SSSR count). The number of hydrogen-bond donors (Lipinski definition) is 2. The molecule has 0 spiro atoms. The van der Waals surface area contributed by atoms with E-state index < -0.39 is 0 Å².